The molecule has 0 aromatic heterocycles. The predicted molar refractivity (Wildman–Crippen MR) is 51.5 cm³/mol. The van der Waals surface area contributed by atoms with Crippen molar-refractivity contribution in [3.8, 4) is 6.07 Å². The van der Waals surface area contributed by atoms with E-state index in [4.69, 9.17) is 10.0 Å². The van der Waals surface area contributed by atoms with Gasteiger partial charge in [-0.1, -0.05) is 30.3 Å². The highest BCUT2D eigenvalue weighted by atomic mass is 32.2. The number of nitriles is 1. The lowest BCUT2D eigenvalue weighted by Crippen LogP contribution is -2.05. The fourth-order valence-corrected chi connectivity index (χ4v) is 2.04. The zero-order chi connectivity index (χ0) is 9.73. The lowest BCUT2D eigenvalue weighted by Gasteiger charge is -2.01. The summed E-state index contributed by atoms with van der Waals surface area (Å²) in [6, 6.07) is 10.9. The molecule has 1 rings (SSSR count). The van der Waals surface area contributed by atoms with E-state index in [2.05, 4.69) is 0 Å². The molecule has 0 heterocycles. The van der Waals surface area contributed by atoms with Gasteiger partial charge in [0.25, 0.3) is 0 Å². The fraction of sp³-hybridized carbons (Fsp3) is 0.222. The van der Waals surface area contributed by atoms with E-state index in [1.165, 1.54) is 0 Å². The van der Waals surface area contributed by atoms with Crippen LogP contribution in [0.25, 0.3) is 0 Å². The summed E-state index contributed by atoms with van der Waals surface area (Å²) in [5.41, 5.74) is 0.845. The molecule has 68 valence electrons. The first-order chi connectivity index (χ1) is 6.14. The summed E-state index contributed by atoms with van der Waals surface area (Å²) in [7, 11) is -2.75. The topological polar surface area (TPSA) is 64.7 Å². The lowest BCUT2D eigenvalue weighted by atomic mass is 10.2. The molecule has 0 spiro atoms. The average molecular weight is 194 g/mol. The maximum atomic E-state index is 11.4. The SMILES string of the molecule is N#CCS(=N)(=O)Cc1ccccc1. The van der Waals surface area contributed by atoms with E-state index in [-0.39, 0.29) is 11.5 Å². The third-order valence-corrected chi connectivity index (χ3v) is 2.94. The van der Waals surface area contributed by atoms with Crippen LogP contribution in [0.15, 0.2) is 30.3 Å². The Bertz CT molecular complexity index is 403. The molecule has 3 nitrogen and oxygen atoms in total. The van der Waals surface area contributed by atoms with E-state index in [0.717, 1.165) is 5.56 Å². The van der Waals surface area contributed by atoms with Crippen molar-refractivity contribution < 1.29 is 4.21 Å². The Balaban J connectivity index is 2.77. The first kappa shape index (κ1) is 9.75. The Labute approximate surface area is 78.0 Å². The van der Waals surface area contributed by atoms with Gasteiger partial charge < -0.3 is 0 Å². The summed E-state index contributed by atoms with van der Waals surface area (Å²) in [5, 5.41) is 8.33. The fourth-order valence-electron chi connectivity index (χ4n) is 0.999. The second-order valence-electron chi connectivity index (χ2n) is 2.74. The number of nitrogens with one attached hydrogen (secondary N) is 1. The lowest BCUT2D eigenvalue weighted by molar-refractivity contribution is 0.676. The van der Waals surface area contributed by atoms with Gasteiger partial charge in [-0.3, -0.25) is 4.78 Å². The number of rotatable bonds is 3. The second-order valence-corrected chi connectivity index (χ2v) is 4.95. The van der Waals surface area contributed by atoms with E-state index in [1.54, 1.807) is 6.07 Å². The Morgan fingerprint density at radius 3 is 2.54 bits per heavy atom. The predicted octanol–water partition coefficient (Wildman–Crippen LogP) is 1.76. The van der Waals surface area contributed by atoms with Gasteiger partial charge >= 0.3 is 0 Å². The highest BCUT2D eigenvalue weighted by Gasteiger charge is 2.05. The van der Waals surface area contributed by atoms with Crippen molar-refractivity contribution in [3.63, 3.8) is 0 Å². The van der Waals surface area contributed by atoms with Gasteiger partial charge in [-0.25, -0.2) is 4.21 Å². The molecule has 0 bridgehead atoms. The summed E-state index contributed by atoms with van der Waals surface area (Å²) >= 11 is 0. The van der Waals surface area contributed by atoms with Gasteiger partial charge in [-0.15, -0.1) is 0 Å². The molecule has 0 fully saturated rings. The molecule has 0 aliphatic carbocycles. The Morgan fingerprint density at radius 2 is 2.00 bits per heavy atom. The first-order valence-corrected chi connectivity index (χ1v) is 5.69. The molecule has 0 radical (unpaired) electrons. The molecule has 4 heteroatoms. The summed E-state index contributed by atoms with van der Waals surface area (Å²) in [6.45, 7) is 0. The first-order valence-electron chi connectivity index (χ1n) is 3.79. The van der Waals surface area contributed by atoms with Gasteiger partial charge in [0.1, 0.15) is 5.75 Å². The van der Waals surface area contributed by atoms with E-state index in [9.17, 15) is 4.21 Å². The number of benzene rings is 1. The summed E-state index contributed by atoms with van der Waals surface area (Å²) in [4.78, 5) is 0. The van der Waals surface area contributed by atoms with E-state index in [1.807, 2.05) is 30.3 Å². The van der Waals surface area contributed by atoms with Crippen LogP contribution in [0.2, 0.25) is 0 Å². The van der Waals surface area contributed by atoms with Gasteiger partial charge in [0.05, 0.1) is 21.6 Å². The quantitative estimate of drug-likeness (QED) is 0.796. The van der Waals surface area contributed by atoms with E-state index in [0.29, 0.717) is 0 Å². The molecular formula is C9H10N2OS. The Kier molecular flexibility index (Phi) is 3.04. The zero-order valence-electron chi connectivity index (χ0n) is 7.06. The van der Waals surface area contributed by atoms with Crippen LogP contribution in [-0.4, -0.2) is 9.96 Å². The van der Waals surface area contributed by atoms with E-state index >= 15 is 0 Å². The molecule has 1 aromatic carbocycles. The van der Waals surface area contributed by atoms with Crippen LogP contribution in [-0.2, 0) is 15.5 Å². The largest absolute Gasteiger partial charge is 0.252 e. The minimum atomic E-state index is -2.75. The molecule has 1 unspecified atom stereocenters. The number of nitrogens with zero attached hydrogens (tertiary/aromatic N) is 1. The molecule has 1 N–H and O–H groups in total. The third-order valence-electron chi connectivity index (χ3n) is 1.54. The van der Waals surface area contributed by atoms with Crippen LogP contribution < -0.4 is 0 Å². The normalized spacial score (nSPS) is 14.4. The van der Waals surface area contributed by atoms with Gasteiger partial charge in [-0.2, -0.15) is 5.26 Å². The second kappa shape index (κ2) is 4.06. The van der Waals surface area contributed by atoms with Crippen molar-refractivity contribution in [2.24, 2.45) is 0 Å². The van der Waals surface area contributed by atoms with Crippen molar-refractivity contribution in [1.82, 2.24) is 0 Å². The van der Waals surface area contributed by atoms with Crippen molar-refractivity contribution in [1.29, 1.82) is 10.0 Å². The monoisotopic (exact) mass is 194 g/mol. The average Bonchev–Trinajstić information content (AvgIpc) is 2.04. The molecule has 1 atom stereocenters. The maximum Gasteiger partial charge on any atom is 0.119 e. The van der Waals surface area contributed by atoms with Gasteiger partial charge in [0, 0.05) is 0 Å². The smallest absolute Gasteiger partial charge is 0.119 e. The number of hydrogen-bond donors (Lipinski definition) is 1. The number of hydrogen-bond acceptors (Lipinski definition) is 3. The standard InChI is InChI=1S/C9H10N2OS/c10-6-7-13(11,12)8-9-4-2-1-3-5-9/h1-5,11H,7-8H2. The molecule has 0 saturated heterocycles. The molecule has 0 aliphatic rings. The van der Waals surface area contributed by atoms with Crippen molar-refractivity contribution in [3.05, 3.63) is 35.9 Å². The van der Waals surface area contributed by atoms with Crippen LogP contribution in [0.4, 0.5) is 0 Å². The van der Waals surface area contributed by atoms with Crippen molar-refractivity contribution in [2.45, 2.75) is 5.75 Å². The van der Waals surface area contributed by atoms with Crippen LogP contribution in [0.5, 0.6) is 0 Å². The van der Waals surface area contributed by atoms with Crippen LogP contribution in [0.1, 0.15) is 5.56 Å². The molecule has 0 saturated carbocycles. The Morgan fingerprint density at radius 1 is 1.38 bits per heavy atom. The van der Waals surface area contributed by atoms with Gasteiger partial charge in [-0.05, 0) is 5.56 Å². The van der Waals surface area contributed by atoms with E-state index < -0.39 is 9.73 Å². The van der Waals surface area contributed by atoms with Crippen LogP contribution in [0.3, 0.4) is 0 Å². The van der Waals surface area contributed by atoms with Gasteiger partial charge in [0.15, 0.2) is 0 Å². The van der Waals surface area contributed by atoms with Crippen LogP contribution in [0, 0.1) is 16.1 Å². The maximum absolute atomic E-state index is 11.4. The van der Waals surface area contributed by atoms with Crippen LogP contribution >= 0.6 is 0 Å². The minimum absolute atomic E-state index is 0.168. The third kappa shape index (κ3) is 3.26. The molecular weight excluding hydrogens is 184 g/mol. The van der Waals surface area contributed by atoms with Crippen molar-refractivity contribution >= 4 is 9.73 Å². The van der Waals surface area contributed by atoms with Crippen molar-refractivity contribution in [2.75, 3.05) is 5.75 Å². The molecule has 1 aromatic rings. The highest BCUT2D eigenvalue weighted by Crippen LogP contribution is 2.05. The molecule has 13 heavy (non-hydrogen) atoms. The molecule has 0 amide bonds. The summed E-state index contributed by atoms with van der Waals surface area (Å²) in [6.07, 6.45) is 0. The summed E-state index contributed by atoms with van der Waals surface area (Å²) in [5.74, 6) is -0.0245. The minimum Gasteiger partial charge on any atom is -0.252 e. The highest BCUT2D eigenvalue weighted by molar-refractivity contribution is 7.91. The van der Waals surface area contributed by atoms with Gasteiger partial charge in [0.2, 0.25) is 0 Å². The zero-order valence-corrected chi connectivity index (χ0v) is 7.88. The Hall–Kier alpha value is -1.34. The molecule has 0 aliphatic heterocycles. The summed E-state index contributed by atoms with van der Waals surface area (Å²) < 4.78 is 18.8.